The van der Waals surface area contributed by atoms with Crippen LogP contribution in [0, 0.1) is 0 Å². The van der Waals surface area contributed by atoms with Gasteiger partial charge in [0, 0.05) is 54.7 Å². The van der Waals surface area contributed by atoms with Gasteiger partial charge in [-0.25, -0.2) is 0 Å². The maximum Gasteiger partial charge on any atom is 0.0791 e. The summed E-state index contributed by atoms with van der Waals surface area (Å²) in [5.41, 5.74) is 8.26. The molecule has 3 heterocycles. The van der Waals surface area contributed by atoms with E-state index >= 15 is 0 Å². The van der Waals surface area contributed by atoms with E-state index in [0.29, 0.717) is 0 Å². The van der Waals surface area contributed by atoms with Crippen LogP contribution in [0.2, 0.25) is 10.1 Å². The molecule has 0 spiro atoms. The first-order chi connectivity index (χ1) is 16.7. The van der Waals surface area contributed by atoms with Crippen molar-refractivity contribution in [3.05, 3.63) is 84.9 Å². The number of aromatic nitrogens is 2. The Morgan fingerprint density at radius 2 is 0.829 bits per heavy atom. The van der Waals surface area contributed by atoms with Gasteiger partial charge >= 0.3 is 0 Å². The van der Waals surface area contributed by atoms with Crippen LogP contribution in [-0.2, 0) is 0 Å². The fraction of sp³-hybridized carbons (Fsp3) is 0.250. The van der Waals surface area contributed by atoms with Crippen LogP contribution in [-0.4, -0.2) is 16.9 Å². The maximum absolute atomic E-state index is 2.86. The highest BCUT2D eigenvalue weighted by Crippen LogP contribution is 2.59. The average molecular weight is 473 g/mol. The normalized spacial score (nSPS) is 15.4. The van der Waals surface area contributed by atoms with Crippen molar-refractivity contribution >= 4 is 52.0 Å². The van der Waals surface area contributed by atoms with E-state index in [2.05, 4.69) is 135 Å². The third-order valence-electron chi connectivity index (χ3n) is 8.42. The largest absolute Gasteiger partial charge is 0.475 e. The number of hydrogen-bond donors (Lipinski definition) is 0. The first-order valence-electron chi connectivity index (χ1n) is 12.7. The van der Waals surface area contributed by atoms with Gasteiger partial charge in [-0.15, -0.1) is 10.1 Å². The lowest BCUT2D eigenvalue weighted by Gasteiger charge is -2.65. The van der Waals surface area contributed by atoms with Gasteiger partial charge in [0.15, 0.2) is 0 Å². The molecule has 0 N–H and O–H groups in total. The van der Waals surface area contributed by atoms with E-state index in [-0.39, 0.29) is 10.1 Å². The summed E-state index contributed by atoms with van der Waals surface area (Å²) in [7, 11) is -2.63. The number of para-hydroxylation sites is 4. The van der Waals surface area contributed by atoms with Crippen LogP contribution < -0.4 is 0 Å². The van der Waals surface area contributed by atoms with Gasteiger partial charge in [0.2, 0.25) is 0 Å². The second-order valence-corrected chi connectivity index (χ2v) is 17.5. The van der Waals surface area contributed by atoms with Gasteiger partial charge in [-0.3, -0.25) is 0 Å². The molecular weight excluding hydrogens is 440 g/mol. The number of nitrogens with zero attached hydrogens (tertiary/aromatic N) is 2. The minimum absolute atomic E-state index is 0.0270. The molecule has 0 amide bonds. The van der Waals surface area contributed by atoms with Gasteiger partial charge in [-0.1, -0.05) is 114 Å². The lowest BCUT2D eigenvalue weighted by molar-refractivity contribution is 0.577. The van der Waals surface area contributed by atoms with Crippen LogP contribution in [0.4, 0.5) is 0 Å². The van der Waals surface area contributed by atoms with Gasteiger partial charge < -0.3 is 8.47 Å². The molecule has 0 unspecified atom stereocenters. The number of fused-ring (bicyclic) bond motifs is 7. The summed E-state index contributed by atoms with van der Waals surface area (Å²) in [5.74, 6) is 0. The Kier molecular flexibility index (Phi) is 3.88. The lowest BCUT2D eigenvalue weighted by Crippen LogP contribution is -2.63. The lowest BCUT2D eigenvalue weighted by atomic mass is 9.99. The Hall–Kier alpha value is -3.30. The maximum atomic E-state index is 2.86. The fourth-order valence-corrected chi connectivity index (χ4v) is 15.1. The highest BCUT2D eigenvalue weighted by Gasteiger charge is 2.49. The Labute approximate surface area is 208 Å². The van der Waals surface area contributed by atoms with Crippen molar-refractivity contribution in [2.75, 3.05) is 0 Å². The first kappa shape index (κ1) is 21.0. The van der Waals surface area contributed by atoms with Crippen LogP contribution in [0.25, 0.3) is 54.7 Å². The molecule has 3 heteroatoms. The van der Waals surface area contributed by atoms with Crippen molar-refractivity contribution in [3.8, 4) is 11.1 Å². The van der Waals surface area contributed by atoms with Crippen LogP contribution in [0.15, 0.2) is 84.9 Å². The minimum atomic E-state index is -2.63. The van der Waals surface area contributed by atoms with E-state index < -0.39 is 8.40 Å². The van der Waals surface area contributed by atoms with Crippen molar-refractivity contribution in [1.82, 2.24) is 8.47 Å². The second-order valence-electron chi connectivity index (χ2n) is 12.3. The molecule has 175 valence electrons. The molecule has 0 atom stereocenters. The van der Waals surface area contributed by atoms with Gasteiger partial charge in [0.25, 0.3) is 0 Å². The molecule has 7 rings (SSSR count). The molecule has 35 heavy (non-hydrogen) atoms. The van der Waals surface area contributed by atoms with E-state index in [1.807, 2.05) is 0 Å². The minimum Gasteiger partial charge on any atom is -0.475 e. The SMILES string of the molecule is CC(C)(C)[Si-]1(C(C)(C)C)n2c3ccccc3c3cccc(c32)-c2cccc3c4ccccc4n1c23. The summed E-state index contributed by atoms with van der Waals surface area (Å²) in [4.78, 5) is 0. The zero-order valence-corrected chi connectivity index (χ0v) is 22.5. The zero-order valence-electron chi connectivity index (χ0n) is 21.5. The first-order valence-corrected chi connectivity index (χ1v) is 14.6. The molecule has 2 aromatic heterocycles. The summed E-state index contributed by atoms with van der Waals surface area (Å²) in [5, 5.41) is 5.52. The summed E-state index contributed by atoms with van der Waals surface area (Å²) in [6.07, 6.45) is 0. The van der Waals surface area contributed by atoms with Gasteiger partial charge in [0.05, 0.1) is 8.40 Å². The van der Waals surface area contributed by atoms with Crippen molar-refractivity contribution < 1.29 is 0 Å². The predicted molar refractivity (Wildman–Crippen MR) is 154 cm³/mol. The molecule has 0 saturated carbocycles. The van der Waals surface area contributed by atoms with Crippen molar-refractivity contribution in [3.63, 3.8) is 0 Å². The average Bonchev–Trinajstić information content (AvgIpc) is 3.28. The quantitative estimate of drug-likeness (QED) is 0.195. The molecule has 0 fully saturated rings. The van der Waals surface area contributed by atoms with E-state index in [1.54, 1.807) is 0 Å². The Bertz CT molecular complexity index is 1680. The van der Waals surface area contributed by atoms with Crippen LogP contribution in [0.3, 0.4) is 0 Å². The molecule has 0 aliphatic carbocycles. The molecule has 6 aromatic rings. The van der Waals surface area contributed by atoms with Crippen LogP contribution in [0.5, 0.6) is 0 Å². The highest BCUT2D eigenvalue weighted by atomic mass is 28.4. The Balaban J connectivity index is 1.94. The molecule has 2 nitrogen and oxygen atoms in total. The molecule has 1 aliphatic rings. The molecule has 0 saturated heterocycles. The fourth-order valence-electron chi connectivity index (χ4n) is 7.71. The molecule has 0 bridgehead atoms. The van der Waals surface area contributed by atoms with E-state index in [9.17, 15) is 0 Å². The monoisotopic (exact) mass is 472 g/mol. The molecule has 4 aromatic carbocycles. The van der Waals surface area contributed by atoms with Crippen molar-refractivity contribution in [1.29, 1.82) is 0 Å². The predicted octanol–water partition coefficient (Wildman–Crippen LogP) is 9.32. The number of rotatable bonds is 0. The number of hydrogen-bond acceptors (Lipinski definition) is 0. The molecule has 1 aliphatic heterocycles. The molecular formula is C32H32N2Si-. The summed E-state index contributed by atoms with van der Waals surface area (Å²) < 4.78 is 5.72. The van der Waals surface area contributed by atoms with Gasteiger partial charge in [0.1, 0.15) is 0 Å². The van der Waals surface area contributed by atoms with E-state index in [0.717, 1.165) is 0 Å². The number of benzene rings is 4. The Morgan fingerprint density at radius 1 is 0.457 bits per heavy atom. The smallest absolute Gasteiger partial charge is 0.0791 e. The van der Waals surface area contributed by atoms with Crippen LogP contribution in [0.1, 0.15) is 41.5 Å². The standard InChI is InChI=1S/C32H32N2Si/c1-31(2,3)35(32(4,5)6)33-27-19-9-7-13-21(27)23-15-11-17-25(29(23)33)26-18-12-16-24-22-14-8-10-20-28(22)34(35)30(24)26/h7-20H,1-6H3/q-1. The summed E-state index contributed by atoms with van der Waals surface area (Å²) >= 11 is 0. The second kappa shape index (κ2) is 6.47. The van der Waals surface area contributed by atoms with Crippen LogP contribution >= 0.6 is 0 Å². The van der Waals surface area contributed by atoms with Crippen molar-refractivity contribution in [2.24, 2.45) is 0 Å². The zero-order chi connectivity index (χ0) is 24.3. The van der Waals surface area contributed by atoms with E-state index in [4.69, 9.17) is 0 Å². The third kappa shape index (κ3) is 2.31. The molecule has 0 radical (unpaired) electrons. The highest BCUT2D eigenvalue weighted by molar-refractivity contribution is 6.85. The van der Waals surface area contributed by atoms with Gasteiger partial charge in [-0.2, -0.15) is 0 Å². The van der Waals surface area contributed by atoms with Crippen molar-refractivity contribution in [2.45, 2.75) is 51.6 Å². The topological polar surface area (TPSA) is 9.86 Å². The summed E-state index contributed by atoms with van der Waals surface area (Å²) in [6, 6.07) is 32.1. The van der Waals surface area contributed by atoms with Gasteiger partial charge in [-0.05, 0) is 12.1 Å². The Morgan fingerprint density at radius 3 is 1.23 bits per heavy atom. The summed E-state index contributed by atoms with van der Waals surface area (Å²) in [6.45, 7) is 14.9. The van der Waals surface area contributed by atoms with E-state index in [1.165, 1.54) is 54.7 Å². The third-order valence-corrected chi connectivity index (χ3v) is 14.8.